The first kappa shape index (κ1) is 28.9. The molecule has 0 heterocycles. The van der Waals surface area contributed by atoms with Crippen molar-refractivity contribution in [2.24, 2.45) is 0 Å². The van der Waals surface area contributed by atoms with Crippen LogP contribution < -0.4 is 14.2 Å². The summed E-state index contributed by atoms with van der Waals surface area (Å²) in [5.41, 5.74) is 0.790. The molecule has 2 aromatic rings. The third-order valence-corrected chi connectivity index (χ3v) is 4.57. The Kier molecular flexibility index (Phi) is 12.7. The highest BCUT2D eigenvalue weighted by Crippen LogP contribution is 2.18. The third kappa shape index (κ3) is 11.7. The Labute approximate surface area is 215 Å². The van der Waals surface area contributed by atoms with E-state index in [9.17, 15) is 14.4 Å². The van der Waals surface area contributed by atoms with Crippen molar-refractivity contribution in [2.75, 3.05) is 33.0 Å². The molecule has 0 amide bonds. The van der Waals surface area contributed by atoms with E-state index in [2.05, 4.69) is 13.2 Å². The van der Waals surface area contributed by atoms with E-state index in [1.54, 1.807) is 54.6 Å². The van der Waals surface area contributed by atoms with Gasteiger partial charge in [0.15, 0.2) is 0 Å². The summed E-state index contributed by atoms with van der Waals surface area (Å²) < 4.78 is 26.2. The molecule has 196 valence electrons. The van der Waals surface area contributed by atoms with Crippen molar-refractivity contribution in [1.82, 2.24) is 0 Å². The Balaban J connectivity index is 1.67. The van der Waals surface area contributed by atoms with Crippen LogP contribution in [-0.4, -0.2) is 56.0 Å². The number of aliphatic hydroxyl groups excluding tert-OH is 1. The average molecular weight is 511 g/mol. The zero-order chi connectivity index (χ0) is 26.9. The molecule has 9 nitrogen and oxygen atoms in total. The lowest BCUT2D eigenvalue weighted by Crippen LogP contribution is -2.12. The van der Waals surface area contributed by atoms with Crippen LogP contribution in [-0.2, 0) is 23.9 Å². The van der Waals surface area contributed by atoms with E-state index in [0.29, 0.717) is 43.3 Å². The molecule has 0 radical (unpaired) electrons. The monoisotopic (exact) mass is 510 g/mol. The first-order valence-electron chi connectivity index (χ1n) is 11.5. The molecular formula is C28H30O9. The van der Waals surface area contributed by atoms with Gasteiger partial charge in [-0.3, -0.25) is 0 Å². The molecule has 0 spiro atoms. The molecule has 0 saturated carbocycles. The van der Waals surface area contributed by atoms with Crippen molar-refractivity contribution >= 4 is 24.0 Å². The standard InChI is InChI=1S/C28H30O9/c1-3-26(30)35-18-4-16-34-24-11-13-25(14-12-24)37-27(31)15-8-22-6-9-23(10-7-22)33-17-5-19-36-28(32)21(2)20-29/h3,6-15,29H,1-2,4-5,16-20H2/b15-8+. The zero-order valence-corrected chi connectivity index (χ0v) is 20.4. The lowest BCUT2D eigenvalue weighted by atomic mass is 10.2. The second kappa shape index (κ2) is 16.3. The zero-order valence-electron chi connectivity index (χ0n) is 20.4. The van der Waals surface area contributed by atoms with Gasteiger partial charge in [0.05, 0.1) is 38.6 Å². The Morgan fingerprint density at radius 3 is 1.86 bits per heavy atom. The number of aliphatic hydroxyl groups is 1. The van der Waals surface area contributed by atoms with Gasteiger partial charge in [0.1, 0.15) is 17.2 Å². The number of hydrogen-bond donors (Lipinski definition) is 1. The lowest BCUT2D eigenvalue weighted by molar-refractivity contribution is -0.140. The summed E-state index contributed by atoms with van der Waals surface area (Å²) >= 11 is 0. The van der Waals surface area contributed by atoms with E-state index in [1.165, 1.54) is 6.08 Å². The van der Waals surface area contributed by atoms with E-state index in [1.807, 2.05) is 0 Å². The molecule has 0 aromatic heterocycles. The van der Waals surface area contributed by atoms with Gasteiger partial charge in [-0.1, -0.05) is 25.3 Å². The minimum absolute atomic E-state index is 0.00918. The summed E-state index contributed by atoms with van der Waals surface area (Å²) in [7, 11) is 0. The summed E-state index contributed by atoms with van der Waals surface area (Å²) in [5.74, 6) is -0.0237. The van der Waals surface area contributed by atoms with Crippen LogP contribution in [0.25, 0.3) is 6.08 Å². The second-order valence-electron chi connectivity index (χ2n) is 7.47. The fourth-order valence-corrected chi connectivity index (χ4v) is 2.65. The summed E-state index contributed by atoms with van der Waals surface area (Å²) in [6.45, 7) is 7.39. The Morgan fingerprint density at radius 1 is 0.757 bits per heavy atom. The van der Waals surface area contributed by atoms with E-state index < -0.39 is 24.5 Å². The molecule has 37 heavy (non-hydrogen) atoms. The van der Waals surface area contributed by atoms with E-state index in [0.717, 1.165) is 11.6 Å². The smallest absolute Gasteiger partial charge is 0.336 e. The van der Waals surface area contributed by atoms with Gasteiger partial charge in [0.2, 0.25) is 0 Å². The predicted molar refractivity (Wildman–Crippen MR) is 136 cm³/mol. The van der Waals surface area contributed by atoms with Gasteiger partial charge in [-0.05, 0) is 48.0 Å². The van der Waals surface area contributed by atoms with Crippen LogP contribution in [0.5, 0.6) is 17.2 Å². The summed E-state index contributed by atoms with van der Waals surface area (Å²) in [4.78, 5) is 34.4. The topological polar surface area (TPSA) is 118 Å². The molecule has 2 aromatic carbocycles. The highest BCUT2D eigenvalue weighted by Gasteiger charge is 2.06. The predicted octanol–water partition coefficient (Wildman–Crippen LogP) is 3.66. The molecule has 0 aliphatic rings. The van der Waals surface area contributed by atoms with E-state index >= 15 is 0 Å². The quantitative estimate of drug-likeness (QED) is 0.156. The Morgan fingerprint density at radius 2 is 1.30 bits per heavy atom. The Hall–Kier alpha value is -4.37. The van der Waals surface area contributed by atoms with Gasteiger partial charge >= 0.3 is 17.9 Å². The summed E-state index contributed by atoms with van der Waals surface area (Å²) in [6.07, 6.45) is 5.07. The summed E-state index contributed by atoms with van der Waals surface area (Å²) in [5, 5.41) is 8.80. The average Bonchev–Trinajstić information content (AvgIpc) is 2.92. The third-order valence-electron chi connectivity index (χ3n) is 4.57. The minimum atomic E-state index is -0.624. The van der Waals surface area contributed by atoms with Gasteiger partial charge in [-0.15, -0.1) is 0 Å². The molecular weight excluding hydrogens is 480 g/mol. The van der Waals surface area contributed by atoms with Crippen LogP contribution in [0.3, 0.4) is 0 Å². The maximum absolute atomic E-state index is 12.1. The number of benzene rings is 2. The van der Waals surface area contributed by atoms with Crippen molar-refractivity contribution in [3.05, 3.63) is 85.0 Å². The fraction of sp³-hybridized carbons (Fsp3) is 0.250. The Bertz CT molecular complexity index is 1070. The fourth-order valence-electron chi connectivity index (χ4n) is 2.65. The number of esters is 3. The molecule has 0 fully saturated rings. The molecule has 0 bridgehead atoms. The van der Waals surface area contributed by atoms with Gasteiger partial charge in [0, 0.05) is 25.0 Å². The molecule has 0 unspecified atom stereocenters. The molecule has 2 rings (SSSR count). The van der Waals surface area contributed by atoms with Crippen LogP contribution >= 0.6 is 0 Å². The van der Waals surface area contributed by atoms with Gasteiger partial charge in [0.25, 0.3) is 0 Å². The van der Waals surface area contributed by atoms with Crippen LogP contribution in [0.1, 0.15) is 18.4 Å². The SMILES string of the molecule is C=CC(=O)OCCCOc1ccc(OC(=O)/C=C/c2ccc(OCCCOC(=O)C(=C)CO)cc2)cc1. The highest BCUT2D eigenvalue weighted by molar-refractivity contribution is 5.89. The molecule has 0 atom stereocenters. The molecule has 1 N–H and O–H groups in total. The van der Waals surface area contributed by atoms with Crippen molar-refractivity contribution in [2.45, 2.75) is 12.8 Å². The lowest BCUT2D eigenvalue weighted by Gasteiger charge is -2.08. The molecule has 0 saturated heterocycles. The number of carbonyl (C=O) groups excluding carboxylic acids is 3. The largest absolute Gasteiger partial charge is 0.493 e. The van der Waals surface area contributed by atoms with Crippen molar-refractivity contribution in [1.29, 1.82) is 0 Å². The first-order valence-corrected chi connectivity index (χ1v) is 11.5. The van der Waals surface area contributed by atoms with Crippen molar-refractivity contribution < 1.29 is 43.2 Å². The number of hydrogen-bond acceptors (Lipinski definition) is 9. The van der Waals surface area contributed by atoms with Crippen molar-refractivity contribution in [3.63, 3.8) is 0 Å². The van der Waals surface area contributed by atoms with Crippen LogP contribution in [0.2, 0.25) is 0 Å². The van der Waals surface area contributed by atoms with Crippen molar-refractivity contribution in [3.8, 4) is 17.2 Å². The summed E-state index contributed by atoms with van der Waals surface area (Å²) in [6, 6.07) is 13.7. The minimum Gasteiger partial charge on any atom is -0.493 e. The highest BCUT2D eigenvalue weighted by atomic mass is 16.5. The normalized spacial score (nSPS) is 10.4. The second-order valence-corrected chi connectivity index (χ2v) is 7.47. The number of carbonyl (C=O) groups is 3. The molecule has 0 aliphatic carbocycles. The van der Waals surface area contributed by atoms with Gasteiger partial charge in [-0.2, -0.15) is 0 Å². The van der Waals surface area contributed by atoms with Crippen LogP contribution in [0, 0.1) is 0 Å². The van der Waals surface area contributed by atoms with Gasteiger partial charge in [-0.25, -0.2) is 14.4 Å². The maximum Gasteiger partial charge on any atom is 0.336 e. The van der Waals surface area contributed by atoms with Gasteiger partial charge < -0.3 is 28.8 Å². The van der Waals surface area contributed by atoms with E-state index in [4.69, 9.17) is 28.8 Å². The first-order chi connectivity index (χ1) is 17.9. The molecule has 0 aliphatic heterocycles. The van der Waals surface area contributed by atoms with E-state index in [-0.39, 0.29) is 18.8 Å². The van der Waals surface area contributed by atoms with Crippen LogP contribution in [0.4, 0.5) is 0 Å². The number of rotatable bonds is 16. The number of ether oxygens (including phenoxy) is 5. The maximum atomic E-state index is 12.1. The molecule has 9 heteroatoms. The van der Waals surface area contributed by atoms with Crippen LogP contribution in [0.15, 0.2) is 79.4 Å².